The van der Waals surface area contributed by atoms with Crippen molar-refractivity contribution in [2.45, 2.75) is 6.54 Å². The first kappa shape index (κ1) is 20.1. The molecule has 0 radical (unpaired) electrons. The van der Waals surface area contributed by atoms with Crippen LogP contribution in [0.4, 0.5) is 17.2 Å². The van der Waals surface area contributed by atoms with Gasteiger partial charge in [-0.25, -0.2) is 0 Å². The average Bonchev–Trinajstić information content (AvgIpc) is 3.14. The molecule has 30 heavy (non-hydrogen) atoms. The number of ether oxygens (including phenoxy) is 2. The Balaban J connectivity index is 1.57. The van der Waals surface area contributed by atoms with Gasteiger partial charge in [0.05, 0.1) is 31.5 Å². The lowest BCUT2D eigenvalue weighted by Gasteiger charge is -2.13. The Hall–Kier alpha value is -3.23. The topological polar surface area (TPSA) is 85.6 Å². The molecular weight excluding hydrogens is 427 g/mol. The van der Waals surface area contributed by atoms with E-state index in [1.165, 1.54) is 0 Å². The molecule has 10 heteroatoms. The fourth-order valence-corrected chi connectivity index (χ4v) is 3.33. The fraction of sp³-hybridized carbons (Fsp3) is 0.150. The van der Waals surface area contributed by atoms with Gasteiger partial charge in [0, 0.05) is 16.8 Å². The Morgan fingerprint density at radius 2 is 1.80 bits per heavy atom. The van der Waals surface area contributed by atoms with Crippen LogP contribution in [0.5, 0.6) is 11.5 Å². The van der Waals surface area contributed by atoms with Crippen molar-refractivity contribution in [1.29, 1.82) is 0 Å². The smallest absolute Gasteiger partial charge is 0.178 e. The molecule has 154 valence electrons. The van der Waals surface area contributed by atoms with Crippen molar-refractivity contribution in [3.8, 4) is 11.5 Å². The van der Waals surface area contributed by atoms with E-state index in [4.69, 9.17) is 32.7 Å². The molecule has 0 fully saturated rings. The lowest BCUT2D eigenvalue weighted by Crippen LogP contribution is -2.08. The van der Waals surface area contributed by atoms with Crippen molar-refractivity contribution in [3.05, 3.63) is 64.4 Å². The molecule has 2 N–H and O–H groups in total. The second-order valence-electron chi connectivity index (χ2n) is 6.28. The van der Waals surface area contributed by atoms with Crippen LogP contribution in [0.25, 0.3) is 5.65 Å². The molecule has 0 aliphatic carbocycles. The van der Waals surface area contributed by atoms with Crippen molar-refractivity contribution in [1.82, 2.24) is 19.8 Å². The van der Waals surface area contributed by atoms with Crippen molar-refractivity contribution in [2.24, 2.45) is 0 Å². The summed E-state index contributed by atoms with van der Waals surface area (Å²) < 4.78 is 12.3. The second kappa shape index (κ2) is 8.64. The normalized spacial score (nSPS) is 10.8. The molecule has 8 nitrogen and oxygen atoms in total. The maximum atomic E-state index is 6.24. The third-order valence-corrected chi connectivity index (χ3v) is 4.87. The fourth-order valence-electron chi connectivity index (χ4n) is 2.90. The van der Waals surface area contributed by atoms with E-state index in [1.54, 1.807) is 30.9 Å². The Morgan fingerprint density at radius 3 is 2.57 bits per heavy atom. The van der Waals surface area contributed by atoms with Gasteiger partial charge in [0.25, 0.3) is 0 Å². The second-order valence-corrected chi connectivity index (χ2v) is 7.12. The van der Waals surface area contributed by atoms with Crippen LogP contribution in [0.3, 0.4) is 0 Å². The molecule has 0 spiro atoms. The van der Waals surface area contributed by atoms with Crippen molar-refractivity contribution < 1.29 is 9.47 Å². The van der Waals surface area contributed by atoms with Crippen LogP contribution < -0.4 is 20.1 Å². The number of anilines is 3. The Morgan fingerprint density at radius 1 is 0.967 bits per heavy atom. The minimum atomic E-state index is 0.355. The first-order chi connectivity index (χ1) is 14.6. The van der Waals surface area contributed by atoms with E-state index in [2.05, 4.69) is 25.9 Å². The van der Waals surface area contributed by atoms with Gasteiger partial charge in [-0.2, -0.15) is 4.52 Å². The number of fused-ring (bicyclic) bond motifs is 1. The summed E-state index contributed by atoms with van der Waals surface area (Å²) in [6.45, 7) is 0.355. The predicted molar refractivity (Wildman–Crippen MR) is 117 cm³/mol. The first-order valence-corrected chi connectivity index (χ1v) is 9.72. The number of rotatable bonds is 7. The van der Waals surface area contributed by atoms with Gasteiger partial charge in [0.1, 0.15) is 11.5 Å². The van der Waals surface area contributed by atoms with E-state index >= 15 is 0 Å². The zero-order valence-corrected chi connectivity index (χ0v) is 17.7. The maximum absolute atomic E-state index is 6.24. The quantitative estimate of drug-likeness (QED) is 0.423. The third kappa shape index (κ3) is 4.19. The van der Waals surface area contributed by atoms with E-state index < -0.39 is 0 Å². The SMILES string of the molecule is COc1cc(OC)c(NCc2nnc3ccc(Nc4cccc(Cl)c4)nn23)cc1Cl. The van der Waals surface area contributed by atoms with Crippen LogP contribution in [0.15, 0.2) is 48.5 Å². The van der Waals surface area contributed by atoms with Crippen LogP contribution in [0.1, 0.15) is 5.82 Å². The van der Waals surface area contributed by atoms with Crippen molar-refractivity contribution in [3.63, 3.8) is 0 Å². The lowest BCUT2D eigenvalue weighted by molar-refractivity contribution is 0.395. The highest BCUT2D eigenvalue weighted by Crippen LogP contribution is 2.36. The number of hydrogen-bond donors (Lipinski definition) is 2. The molecule has 0 unspecified atom stereocenters. The van der Waals surface area contributed by atoms with E-state index in [0.717, 1.165) is 5.69 Å². The highest BCUT2D eigenvalue weighted by Gasteiger charge is 2.12. The zero-order chi connectivity index (χ0) is 21.1. The summed E-state index contributed by atoms with van der Waals surface area (Å²) in [5, 5.41) is 20.6. The Labute approximate surface area is 182 Å². The van der Waals surface area contributed by atoms with Crippen LogP contribution >= 0.6 is 23.2 Å². The molecule has 4 aromatic rings. The highest BCUT2D eigenvalue weighted by atomic mass is 35.5. The molecule has 2 aromatic carbocycles. The van der Waals surface area contributed by atoms with Gasteiger partial charge >= 0.3 is 0 Å². The molecule has 0 saturated carbocycles. The molecule has 2 heterocycles. The Bertz CT molecular complexity index is 1200. The summed E-state index contributed by atoms with van der Waals surface area (Å²) in [6.07, 6.45) is 0. The number of halogens is 2. The minimum absolute atomic E-state index is 0.355. The summed E-state index contributed by atoms with van der Waals surface area (Å²) in [5.74, 6) is 2.39. The standard InChI is InChI=1S/C20H18Cl2N6O2/c1-29-16-10-17(30-2)15(9-14(16)22)23-11-20-26-25-19-7-6-18(27-28(19)20)24-13-5-3-4-12(21)8-13/h3-10,23H,11H2,1-2H3,(H,24,27). The maximum Gasteiger partial charge on any atom is 0.178 e. The summed E-state index contributed by atoms with van der Waals surface area (Å²) >= 11 is 12.3. The van der Waals surface area contributed by atoms with Gasteiger partial charge in [-0.1, -0.05) is 29.3 Å². The average molecular weight is 445 g/mol. The van der Waals surface area contributed by atoms with E-state index in [-0.39, 0.29) is 0 Å². The van der Waals surface area contributed by atoms with Crippen LogP contribution in [-0.2, 0) is 6.54 Å². The highest BCUT2D eigenvalue weighted by molar-refractivity contribution is 6.32. The van der Waals surface area contributed by atoms with Crippen LogP contribution in [-0.4, -0.2) is 34.0 Å². The first-order valence-electron chi connectivity index (χ1n) is 8.96. The molecule has 2 aromatic heterocycles. The molecule has 0 bridgehead atoms. The molecule has 4 rings (SSSR count). The monoisotopic (exact) mass is 444 g/mol. The van der Waals surface area contributed by atoms with Gasteiger partial charge in [-0.3, -0.25) is 0 Å². The molecule has 0 amide bonds. The minimum Gasteiger partial charge on any atom is -0.495 e. The van der Waals surface area contributed by atoms with Gasteiger partial charge in [-0.15, -0.1) is 15.3 Å². The number of aromatic nitrogens is 4. The lowest BCUT2D eigenvalue weighted by atomic mass is 10.2. The number of nitrogens with one attached hydrogen (secondary N) is 2. The number of nitrogens with zero attached hydrogens (tertiary/aromatic N) is 4. The molecule has 0 aliphatic rings. The van der Waals surface area contributed by atoms with Gasteiger partial charge in [0.15, 0.2) is 17.3 Å². The summed E-state index contributed by atoms with van der Waals surface area (Å²) in [6, 6.07) is 14.5. The van der Waals surface area contributed by atoms with E-state index in [0.29, 0.717) is 51.1 Å². The largest absolute Gasteiger partial charge is 0.495 e. The molecule has 0 saturated heterocycles. The van der Waals surface area contributed by atoms with Crippen LogP contribution in [0, 0.1) is 0 Å². The van der Waals surface area contributed by atoms with Crippen molar-refractivity contribution >= 4 is 46.0 Å². The number of benzene rings is 2. The summed E-state index contributed by atoms with van der Waals surface area (Å²) in [5.41, 5.74) is 2.16. The van der Waals surface area contributed by atoms with Gasteiger partial charge < -0.3 is 20.1 Å². The summed E-state index contributed by atoms with van der Waals surface area (Å²) in [4.78, 5) is 0. The Kier molecular flexibility index (Phi) is 5.78. The van der Waals surface area contributed by atoms with Gasteiger partial charge in [-0.05, 0) is 36.4 Å². The molecular formula is C20H18Cl2N6O2. The zero-order valence-electron chi connectivity index (χ0n) is 16.2. The predicted octanol–water partition coefficient (Wildman–Crippen LogP) is 4.80. The summed E-state index contributed by atoms with van der Waals surface area (Å²) in [7, 11) is 3.13. The molecule has 0 atom stereocenters. The van der Waals surface area contributed by atoms with Crippen molar-refractivity contribution in [2.75, 3.05) is 24.9 Å². The number of methoxy groups -OCH3 is 2. The van der Waals surface area contributed by atoms with E-state index in [1.807, 2.05) is 36.4 Å². The number of hydrogen-bond acceptors (Lipinski definition) is 7. The van der Waals surface area contributed by atoms with E-state index in [9.17, 15) is 0 Å². The van der Waals surface area contributed by atoms with Gasteiger partial charge in [0.2, 0.25) is 0 Å². The third-order valence-electron chi connectivity index (χ3n) is 4.34. The molecule has 0 aliphatic heterocycles. The van der Waals surface area contributed by atoms with Crippen LogP contribution in [0.2, 0.25) is 10.0 Å².